The molecule has 1 radical (unpaired) electrons. The Bertz CT molecular complexity index is 794. The Morgan fingerprint density at radius 1 is 0.862 bits per heavy atom. The summed E-state index contributed by atoms with van der Waals surface area (Å²) in [6.45, 7) is 3.65. The van der Waals surface area contributed by atoms with Crippen molar-refractivity contribution < 1.29 is 14.4 Å². The van der Waals surface area contributed by atoms with Gasteiger partial charge < -0.3 is 16.4 Å². The Morgan fingerprint density at radius 2 is 1.38 bits per heavy atom. The molecule has 2 aromatic carbocycles. The lowest BCUT2D eigenvalue weighted by Gasteiger charge is -2.25. The predicted molar refractivity (Wildman–Crippen MR) is 113 cm³/mol. The Labute approximate surface area is 171 Å². The normalized spacial score (nSPS) is 13.9. The van der Waals surface area contributed by atoms with Gasteiger partial charge in [0.2, 0.25) is 18.1 Å². The molecule has 6 heteroatoms. The molecule has 0 unspecified atom stereocenters. The zero-order chi connectivity index (χ0) is 21.2. The van der Waals surface area contributed by atoms with Crippen molar-refractivity contribution in [2.24, 2.45) is 11.7 Å². The van der Waals surface area contributed by atoms with E-state index in [1.807, 2.05) is 80.8 Å². The molecule has 0 saturated heterocycles. The van der Waals surface area contributed by atoms with Crippen molar-refractivity contribution in [3.8, 4) is 0 Å². The average molecular weight is 394 g/mol. The topological polar surface area (TPSA) is 101 Å². The summed E-state index contributed by atoms with van der Waals surface area (Å²) in [7, 11) is 0. The van der Waals surface area contributed by atoms with Crippen LogP contribution in [0.4, 0.5) is 0 Å². The van der Waals surface area contributed by atoms with Gasteiger partial charge in [0, 0.05) is 6.42 Å². The van der Waals surface area contributed by atoms with Crippen LogP contribution >= 0.6 is 0 Å². The third kappa shape index (κ3) is 7.16. The molecule has 2 rings (SSSR count). The molecule has 3 atom stereocenters. The molecule has 0 spiro atoms. The van der Waals surface area contributed by atoms with E-state index in [9.17, 15) is 14.4 Å². The highest BCUT2D eigenvalue weighted by atomic mass is 16.2. The van der Waals surface area contributed by atoms with Crippen molar-refractivity contribution in [1.82, 2.24) is 10.6 Å². The number of nitrogens with one attached hydrogen (secondary N) is 2. The van der Waals surface area contributed by atoms with E-state index in [0.29, 0.717) is 12.8 Å². The SMILES string of the molecule is CC(C)[C@H](NC(=O)[C@@H](N)Cc1ccccc1)C(=O)N[C@H]([C]=O)Cc1ccccc1. The Hall–Kier alpha value is -2.99. The molecule has 6 nitrogen and oxygen atoms in total. The first kappa shape index (κ1) is 22.3. The first-order valence-electron chi connectivity index (χ1n) is 9.72. The second-order valence-corrected chi connectivity index (χ2v) is 7.40. The molecular formula is C23H28N3O3. The van der Waals surface area contributed by atoms with E-state index < -0.39 is 29.9 Å². The number of amides is 2. The fraction of sp³-hybridized carbons (Fsp3) is 0.348. The van der Waals surface area contributed by atoms with Gasteiger partial charge in [-0.05, 0) is 23.5 Å². The predicted octanol–water partition coefficient (Wildman–Crippen LogP) is 1.53. The van der Waals surface area contributed by atoms with E-state index in [2.05, 4.69) is 10.6 Å². The van der Waals surface area contributed by atoms with Gasteiger partial charge in [0.15, 0.2) is 0 Å². The Balaban J connectivity index is 1.97. The Kier molecular flexibility index (Phi) is 8.55. The van der Waals surface area contributed by atoms with Crippen LogP contribution in [0.5, 0.6) is 0 Å². The maximum Gasteiger partial charge on any atom is 0.243 e. The molecule has 2 amide bonds. The zero-order valence-corrected chi connectivity index (χ0v) is 16.8. The summed E-state index contributed by atoms with van der Waals surface area (Å²) in [5, 5.41) is 5.40. The second kappa shape index (κ2) is 11.1. The van der Waals surface area contributed by atoms with Crippen molar-refractivity contribution in [3.63, 3.8) is 0 Å². The molecule has 29 heavy (non-hydrogen) atoms. The molecule has 0 heterocycles. The van der Waals surface area contributed by atoms with Crippen molar-refractivity contribution in [1.29, 1.82) is 0 Å². The average Bonchev–Trinajstić information content (AvgIpc) is 2.72. The summed E-state index contributed by atoms with van der Waals surface area (Å²) >= 11 is 0. The van der Waals surface area contributed by atoms with E-state index in [1.54, 1.807) is 0 Å². The molecule has 0 fully saturated rings. The molecule has 4 N–H and O–H groups in total. The maximum absolute atomic E-state index is 12.7. The molecule has 0 saturated carbocycles. The highest BCUT2D eigenvalue weighted by Crippen LogP contribution is 2.07. The van der Waals surface area contributed by atoms with E-state index in [0.717, 1.165) is 11.1 Å². The summed E-state index contributed by atoms with van der Waals surface area (Å²) in [5.41, 5.74) is 7.88. The standard InChI is InChI=1S/C23H28N3O3/c1-16(2)21(26-22(28)20(24)14-18-11-7-4-8-12-18)23(29)25-19(15-27)13-17-9-5-3-6-10-17/h3-12,16,19-21H,13-14,24H2,1-2H3,(H,25,29)(H,26,28)/t19-,20-,21-/m0/s1. The third-order valence-electron chi connectivity index (χ3n) is 4.62. The maximum atomic E-state index is 12.7. The summed E-state index contributed by atoms with van der Waals surface area (Å²) in [6, 6.07) is 16.5. The summed E-state index contributed by atoms with van der Waals surface area (Å²) in [5.74, 6) is -1.01. The van der Waals surface area contributed by atoms with Gasteiger partial charge in [-0.15, -0.1) is 0 Å². The van der Waals surface area contributed by atoms with Gasteiger partial charge in [0.05, 0.1) is 12.1 Å². The van der Waals surface area contributed by atoms with Gasteiger partial charge in [-0.3, -0.25) is 14.4 Å². The Morgan fingerprint density at radius 3 is 1.86 bits per heavy atom. The lowest BCUT2D eigenvalue weighted by Crippen LogP contribution is -2.56. The van der Waals surface area contributed by atoms with Gasteiger partial charge >= 0.3 is 0 Å². The first-order valence-corrected chi connectivity index (χ1v) is 9.72. The van der Waals surface area contributed by atoms with Crippen LogP contribution in [0.2, 0.25) is 0 Å². The van der Waals surface area contributed by atoms with Crippen LogP contribution in [0.25, 0.3) is 0 Å². The largest absolute Gasteiger partial charge is 0.344 e. The minimum absolute atomic E-state index is 0.174. The van der Waals surface area contributed by atoms with Crippen LogP contribution in [0.1, 0.15) is 25.0 Å². The fourth-order valence-corrected chi connectivity index (χ4v) is 2.99. The highest BCUT2D eigenvalue weighted by Gasteiger charge is 2.28. The number of hydrogen-bond donors (Lipinski definition) is 3. The highest BCUT2D eigenvalue weighted by molar-refractivity contribution is 5.91. The van der Waals surface area contributed by atoms with Crippen molar-refractivity contribution in [3.05, 3.63) is 71.8 Å². The van der Waals surface area contributed by atoms with Crippen LogP contribution in [0.3, 0.4) is 0 Å². The van der Waals surface area contributed by atoms with Crippen molar-refractivity contribution >= 4 is 18.1 Å². The van der Waals surface area contributed by atoms with Crippen molar-refractivity contribution in [2.45, 2.75) is 44.8 Å². The lowest BCUT2D eigenvalue weighted by molar-refractivity contribution is -0.130. The number of carbonyl (C=O) groups excluding carboxylic acids is 3. The third-order valence-corrected chi connectivity index (χ3v) is 4.62. The summed E-state index contributed by atoms with van der Waals surface area (Å²) < 4.78 is 0. The molecule has 0 aliphatic heterocycles. The van der Waals surface area contributed by atoms with Crippen LogP contribution in [0, 0.1) is 5.92 Å². The number of carbonyl (C=O) groups is 2. The van der Waals surface area contributed by atoms with Gasteiger partial charge in [-0.2, -0.15) is 0 Å². The van der Waals surface area contributed by atoms with E-state index >= 15 is 0 Å². The molecule has 2 aromatic rings. The fourth-order valence-electron chi connectivity index (χ4n) is 2.99. The molecule has 0 aromatic heterocycles. The minimum Gasteiger partial charge on any atom is -0.344 e. The number of hydrogen-bond acceptors (Lipinski definition) is 4. The van der Waals surface area contributed by atoms with Crippen LogP contribution < -0.4 is 16.4 Å². The second-order valence-electron chi connectivity index (χ2n) is 7.40. The van der Waals surface area contributed by atoms with Gasteiger partial charge in [-0.25, -0.2) is 0 Å². The molecule has 153 valence electrons. The van der Waals surface area contributed by atoms with E-state index in [4.69, 9.17) is 5.73 Å². The smallest absolute Gasteiger partial charge is 0.243 e. The number of nitrogens with two attached hydrogens (primary N) is 1. The molecule has 0 aliphatic rings. The quantitative estimate of drug-likeness (QED) is 0.569. The summed E-state index contributed by atoms with van der Waals surface area (Å²) in [6.07, 6.45) is 2.57. The molecule has 0 bridgehead atoms. The minimum atomic E-state index is -0.795. The lowest BCUT2D eigenvalue weighted by atomic mass is 10.0. The van der Waals surface area contributed by atoms with Crippen LogP contribution in [0.15, 0.2) is 60.7 Å². The van der Waals surface area contributed by atoms with E-state index in [1.165, 1.54) is 0 Å². The van der Waals surface area contributed by atoms with Gasteiger partial charge in [0.25, 0.3) is 0 Å². The van der Waals surface area contributed by atoms with Crippen LogP contribution in [-0.4, -0.2) is 36.2 Å². The van der Waals surface area contributed by atoms with Gasteiger partial charge in [-0.1, -0.05) is 74.5 Å². The van der Waals surface area contributed by atoms with Gasteiger partial charge in [0.1, 0.15) is 6.04 Å². The monoisotopic (exact) mass is 394 g/mol. The van der Waals surface area contributed by atoms with Crippen LogP contribution in [-0.2, 0) is 27.2 Å². The zero-order valence-electron chi connectivity index (χ0n) is 16.8. The van der Waals surface area contributed by atoms with E-state index in [-0.39, 0.29) is 5.92 Å². The number of benzene rings is 2. The summed E-state index contributed by atoms with van der Waals surface area (Å²) in [4.78, 5) is 36.6. The number of rotatable bonds is 10. The molecule has 0 aliphatic carbocycles. The molecular weight excluding hydrogens is 366 g/mol. The first-order chi connectivity index (χ1) is 13.9. The van der Waals surface area contributed by atoms with Crippen molar-refractivity contribution in [2.75, 3.05) is 0 Å².